The predicted octanol–water partition coefficient (Wildman–Crippen LogP) is 5.80. The number of allylic oxidation sites excluding steroid dienone is 1. The van der Waals surface area contributed by atoms with Crippen LogP contribution in [0, 0.1) is 5.82 Å². The molecule has 0 radical (unpaired) electrons. The highest BCUT2D eigenvalue weighted by Gasteiger charge is 2.20. The maximum atomic E-state index is 13.4. The standard InChI is InChI=1S/C27H29FN2O2/c1-3-16-31-24-11-7-19(8-12-24)25(4-2)29-15-13-23-18-21-14-17-32-27(21)26(30-23)20-5-9-22(28)10-6-20/h4-12,18,29H,3,13-17H2,1-2H3. The summed E-state index contributed by atoms with van der Waals surface area (Å²) >= 11 is 0. The second-order valence-electron chi connectivity index (χ2n) is 7.81. The van der Waals surface area contributed by atoms with Crippen molar-refractivity contribution in [3.05, 3.63) is 83.3 Å². The van der Waals surface area contributed by atoms with Crippen LogP contribution in [0.25, 0.3) is 17.0 Å². The number of ether oxygens (including phenoxy) is 2. The van der Waals surface area contributed by atoms with Gasteiger partial charge in [0.2, 0.25) is 0 Å². The summed E-state index contributed by atoms with van der Waals surface area (Å²) < 4.78 is 24.9. The van der Waals surface area contributed by atoms with Crippen LogP contribution in [0.2, 0.25) is 0 Å². The summed E-state index contributed by atoms with van der Waals surface area (Å²) in [6, 6.07) is 16.7. The molecule has 166 valence electrons. The maximum Gasteiger partial charge on any atom is 0.148 e. The lowest BCUT2D eigenvalue weighted by Crippen LogP contribution is -2.16. The number of aromatic nitrogens is 1. The van der Waals surface area contributed by atoms with Gasteiger partial charge < -0.3 is 14.8 Å². The molecule has 4 nitrogen and oxygen atoms in total. The lowest BCUT2D eigenvalue weighted by molar-refractivity contribution is 0.317. The molecule has 32 heavy (non-hydrogen) atoms. The van der Waals surface area contributed by atoms with E-state index in [1.54, 1.807) is 12.1 Å². The first kappa shape index (κ1) is 21.9. The van der Waals surface area contributed by atoms with E-state index in [0.717, 1.165) is 72.1 Å². The van der Waals surface area contributed by atoms with Crippen LogP contribution in [0.1, 0.15) is 37.1 Å². The minimum absolute atomic E-state index is 0.254. The van der Waals surface area contributed by atoms with Crippen molar-refractivity contribution in [1.29, 1.82) is 0 Å². The smallest absolute Gasteiger partial charge is 0.148 e. The molecule has 1 aliphatic heterocycles. The molecule has 0 aliphatic carbocycles. The van der Waals surface area contributed by atoms with Crippen LogP contribution in [0.3, 0.4) is 0 Å². The molecule has 0 atom stereocenters. The topological polar surface area (TPSA) is 43.4 Å². The zero-order valence-electron chi connectivity index (χ0n) is 18.7. The van der Waals surface area contributed by atoms with Gasteiger partial charge in [0.05, 0.1) is 13.2 Å². The van der Waals surface area contributed by atoms with E-state index in [1.807, 2.05) is 19.1 Å². The van der Waals surface area contributed by atoms with Gasteiger partial charge >= 0.3 is 0 Å². The summed E-state index contributed by atoms with van der Waals surface area (Å²) in [4.78, 5) is 4.86. The second-order valence-corrected chi connectivity index (χ2v) is 7.81. The highest BCUT2D eigenvalue weighted by Crippen LogP contribution is 2.36. The largest absolute Gasteiger partial charge is 0.494 e. The van der Waals surface area contributed by atoms with Crippen LogP contribution < -0.4 is 14.8 Å². The van der Waals surface area contributed by atoms with Gasteiger partial charge in [-0.2, -0.15) is 0 Å². The molecule has 0 amide bonds. The SMILES string of the molecule is CC=C(NCCc1cc2c(c(-c3ccc(F)cc3)n1)OCC2)c1ccc(OCCC)cc1. The third-order valence-electron chi connectivity index (χ3n) is 5.46. The zero-order valence-corrected chi connectivity index (χ0v) is 18.7. The Morgan fingerprint density at radius 3 is 2.66 bits per heavy atom. The Morgan fingerprint density at radius 2 is 1.94 bits per heavy atom. The normalized spacial score (nSPS) is 12.9. The molecule has 4 rings (SSSR count). The van der Waals surface area contributed by atoms with Crippen LogP contribution in [-0.4, -0.2) is 24.7 Å². The number of benzene rings is 2. The molecular weight excluding hydrogens is 403 g/mol. The quantitative estimate of drug-likeness (QED) is 0.464. The highest BCUT2D eigenvalue weighted by molar-refractivity contribution is 5.69. The number of halogens is 1. The van der Waals surface area contributed by atoms with Gasteiger partial charge in [-0.15, -0.1) is 0 Å². The van der Waals surface area contributed by atoms with Crippen molar-refractivity contribution in [3.8, 4) is 22.8 Å². The van der Waals surface area contributed by atoms with E-state index < -0.39 is 0 Å². The van der Waals surface area contributed by atoms with Crippen LogP contribution in [-0.2, 0) is 12.8 Å². The van der Waals surface area contributed by atoms with Gasteiger partial charge in [0.1, 0.15) is 23.0 Å². The summed E-state index contributed by atoms with van der Waals surface area (Å²) in [7, 11) is 0. The Kier molecular flexibility index (Phi) is 7.05. The van der Waals surface area contributed by atoms with E-state index in [4.69, 9.17) is 14.5 Å². The number of fused-ring (bicyclic) bond motifs is 1. The number of hydrogen-bond donors (Lipinski definition) is 1. The van der Waals surface area contributed by atoms with E-state index in [1.165, 1.54) is 17.7 Å². The molecule has 1 N–H and O–H groups in total. The fraction of sp³-hybridized carbons (Fsp3) is 0.296. The van der Waals surface area contributed by atoms with E-state index in [9.17, 15) is 4.39 Å². The maximum absolute atomic E-state index is 13.4. The first-order chi connectivity index (χ1) is 15.7. The van der Waals surface area contributed by atoms with Gasteiger partial charge in [-0.3, -0.25) is 0 Å². The molecule has 3 aromatic rings. The van der Waals surface area contributed by atoms with Gasteiger partial charge in [-0.1, -0.05) is 13.0 Å². The summed E-state index contributed by atoms with van der Waals surface area (Å²) in [5.41, 5.74) is 6.04. The van der Waals surface area contributed by atoms with E-state index in [2.05, 4.69) is 36.5 Å². The Labute approximate surface area is 189 Å². The lowest BCUT2D eigenvalue weighted by Gasteiger charge is -2.14. The molecule has 0 spiro atoms. The summed E-state index contributed by atoms with van der Waals surface area (Å²) in [5, 5.41) is 3.53. The van der Waals surface area contributed by atoms with Crippen molar-refractivity contribution in [2.75, 3.05) is 19.8 Å². The van der Waals surface area contributed by atoms with Gasteiger partial charge in [0, 0.05) is 41.9 Å². The third-order valence-corrected chi connectivity index (χ3v) is 5.46. The zero-order chi connectivity index (χ0) is 22.3. The van der Waals surface area contributed by atoms with E-state index in [-0.39, 0.29) is 5.82 Å². The summed E-state index contributed by atoms with van der Waals surface area (Å²) in [6.07, 6.45) is 4.72. The molecule has 1 aliphatic rings. The number of rotatable bonds is 9. The van der Waals surface area contributed by atoms with E-state index in [0.29, 0.717) is 6.61 Å². The molecule has 0 fully saturated rings. The molecule has 0 saturated carbocycles. The molecule has 0 bridgehead atoms. The Morgan fingerprint density at radius 1 is 1.16 bits per heavy atom. The highest BCUT2D eigenvalue weighted by atomic mass is 19.1. The molecule has 2 heterocycles. The monoisotopic (exact) mass is 432 g/mol. The number of nitrogens with zero attached hydrogens (tertiary/aromatic N) is 1. The Bertz CT molecular complexity index is 1080. The van der Waals surface area contributed by atoms with E-state index >= 15 is 0 Å². The first-order valence-electron chi connectivity index (χ1n) is 11.2. The second kappa shape index (κ2) is 10.3. The third kappa shape index (κ3) is 5.10. The molecule has 2 aromatic carbocycles. The fourth-order valence-electron chi connectivity index (χ4n) is 3.83. The molecular formula is C27H29FN2O2. The number of pyridine rings is 1. The van der Waals surface area contributed by atoms with Crippen LogP contribution >= 0.6 is 0 Å². The van der Waals surface area contributed by atoms with Crippen molar-refractivity contribution >= 4 is 5.70 Å². The van der Waals surface area contributed by atoms with Crippen molar-refractivity contribution in [1.82, 2.24) is 10.3 Å². The molecule has 1 aromatic heterocycles. The van der Waals surface area contributed by atoms with Crippen molar-refractivity contribution in [2.24, 2.45) is 0 Å². The predicted molar refractivity (Wildman–Crippen MR) is 126 cm³/mol. The molecule has 0 saturated heterocycles. The average Bonchev–Trinajstić information content (AvgIpc) is 3.30. The van der Waals surface area contributed by atoms with Crippen LogP contribution in [0.15, 0.2) is 60.7 Å². The molecule has 0 unspecified atom stereocenters. The van der Waals surface area contributed by atoms with Crippen molar-refractivity contribution in [3.63, 3.8) is 0 Å². The Hall–Kier alpha value is -3.34. The van der Waals surface area contributed by atoms with Gasteiger partial charge in [0.25, 0.3) is 0 Å². The van der Waals surface area contributed by atoms with Gasteiger partial charge in [0.15, 0.2) is 0 Å². The Balaban J connectivity index is 1.44. The number of nitrogens with one attached hydrogen (secondary N) is 1. The van der Waals surface area contributed by atoms with Crippen molar-refractivity contribution < 1.29 is 13.9 Å². The number of hydrogen-bond acceptors (Lipinski definition) is 4. The summed E-state index contributed by atoms with van der Waals surface area (Å²) in [5.74, 6) is 1.47. The van der Waals surface area contributed by atoms with Crippen LogP contribution in [0.5, 0.6) is 11.5 Å². The van der Waals surface area contributed by atoms with Gasteiger partial charge in [-0.05, 0) is 73.5 Å². The summed E-state index contributed by atoms with van der Waals surface area (Å²) in [6.45, 7) is 6.27. The fourth-order valence-corrected chi connectivity index (χ4v) is 3.83. The molecule has 5 heteroatoms. The first-order valence-corrected chi connectivity index (χ1v) is 11.2. The lowest BCUT2D eigenvalue weighted by atomic mass is 10.0. The van der Waals surface area contributed by atoms with Gasteiger partial charge in [-0.25, -0.2) is 9.37 Å². The minimum atomic E-state index is -0.254. The minimum Gasteiger partial charge on any atom is -0.494 e. The van der Waals surface area contributed by atoms with Crippen LogP contribution in [0.4, 0.5) is 4.39 Å². The van der Waals surface area contributed by atoms with Crippen molar-refractivity contribution in [2.45, 2.75) is 33.1 Å². The average molecular weight is 433 g/mol.